The van der Waals surface area contributed by atoms with Crippen LogP contribution in [0.5, 0.6) is 0 Å². The van der Waals surface area contributed by atoms with E-state index in [1.165, 1.54) is 0 Å². The number of hydrogen-bond acceptors (Lipinski definition) is 5. The number of amidine groups is 1. The second kappa shape index (κ2) is 6.09. The number of ketones is 1. The molecule has 0 spiro atoms. The number of urea groups is 1. The fourth-order valence-corrected chi connectivity index (χ4v) is 3.91. The molecule has 2 atom stereocenters. The Morgan fingerprint density at radius 1 is 1.00 bits per heavy atom. The first-order valence-electron chi connectivity index (χ1n) is 8.69. The summed E-state index contributed by atoms with van der Waals surface area (Å²) in [5, 5.41) is 4.96. The lowest BCUT2D eigenvalue weighted by Crippen LogP contribution is -2.58. The Hall–Kier alpha value is -2.96. The maximum absolute atomic E-state index is 12.7. The number of Topliss-reactive ketones (excluding diaryl/α,β-unsaturated/α-hetero) is 1. The Balaban J connectivity index is 1.85. The van der Waals surface area contributed by atoms with Crippen LogP contribution < -0.4 is 15.5 Å². The molecule has 7 heteroatoms. The Bertz CT molecular complexity index is 867. The molecule has 26 heavy (non-hydrogen) atoms. The molecule has 0 aromatic heterocycles. The standard InChI is InChI=1S/C19H20N4O3/c1-23(2)11-8-6-10(7-9-11)14-15-12(4-3-5-13(15)24)20-17-16(14)18(25)22-19(26)21-17/h6-9,14,16H,3-5H2,1-2H3,(H2,20,21,22,25,26). The van der Waals surface area contributed by atoms with Gasteiger partial charge in [-0.15, -0.1) is 0 Å². The highest BCUT2D eigenvalue weighted by Gasteiger charge is 2.46. The van der Waals surface area contributed by atoms with Gasteiger partial charge in [-0.3, -0.25) is 20.2 Å². The first-order chi connectivity index (χ1) is 12.5. The van der Waals surface area contributed by atoms with Crippen molar-refractivity contribution < 1.29 is 14.4 Å². The third-order valence-corrected chi connectivity index (χ3v) is 5.15. The molecule has 134 valence electrons. The van der Waals surface area contributed by atoms with E-state index in [-0.39, 0.29) is 5.78 Å². The molecule has 1 saturated heterocycles. The fraction of sp³-hybridized carbons (Fsp3) is 0.368. The number of aliphatic imine (C=N–C) groups is 1. The highest BCUT2D eigenvalue weighted by molar-refractivity contribution is 6.20. The summed E-state index contributed by atoms with van der Waals surface area (Å²) in [7, 11) is 3.91. The molecular weight excluding hydrogens is 332 g/mol. The van der Waals surface area contributed by atoms with Crippen LogP contribution in [-0.4, -0.2) is 37.7 Å². The summed E-state index contributed by atoms with van der Waals surface area (Å²) in [6, 6.07) is 7.25. The van der Waals surface area contributed by atoms with Crippen molar-refractivity contribution in [3.63, 3.8) is 0 Å². The van der Waals surface area contributed by atoms with Gasteiger partial charge in [0.1, 0.15) is 11.8 Å². The number of rotatable bonds is 2. The van der Waals surface area contributed by atoms with Gasteiger partial charge in [0.25, 0.3) is 0 Å². The quantitative estimate of drug-likeness (QED) is 0.848. The number of carbonyl (C=O) groups excluding carboxylic acids is 3. The van der Waals surface area contributed by atoms with Crippen molar-refractivity contribution in [1.82, 2.24) is 10.6 Å². The van der Waals surface area contributed by atoms with Crippen molar-refractivity contribution in [3.05, 3.63) is 41.1 Å². The molecular formula is C19H20N4O3. The zero-order valence-corrected chi connectivity index (χ0v) is 14.7. The predicted octanol–water partition coefficient (Wildman–Crippen LogP) is 1.71. The summed E-state index contributed by atoms with van der Waals surface area (Å²) >= 11 is 0. The third-order valence-electron chi connectivity index (χ3n) is 5.15. The molecule has 2 N–H and O–H groups in total. The van der Waals surface area contributed by atoms with E-state index >= 15 is 0 Å². The third kappa shape index (κ3) is 2.60. The largest absolute Gasteiger partial charge is 0.378 e. The lowest BCUT2D eigenvalue weighted by molar-refractivity contribution is -0.122. The Kier molecular flexibility index (Phi) is 3.86. The van der Waals surface area contributed by atoms with Gasteiger partial charge >= 0.3 is 6.03 Å². The minimum Gasteiger partial charge on any atom is -0.378 e. The molecule has 1 aliphatic carbocycles. The summed E-state index contributed by atoms with van der Waals surface area (Å²) < 4.78 is 0. The topological polar surface area (TPSA) is 90.9 Å². The molecule has 0 radical (unpaired) electrons. The van der Waals surface area contributed by atoms with Gasteiger partial charge in [0.05, 0.1) is 0 Å². The molecule has 2 heterocycles. The van der Waals surface area contributed by atoms with Crippen molar-refractivity contribution in [2.75, 3.05) is 19.0 Å². The number of amides is 3. The average molecular weight is 352 g/mol. The molecule has 3 amide bonds. The highest BCUT2D eigenvalue weighted by atomic mass is 16.2. The average Bonchev–Trinajstić information content (AvgIpc) is 2.60. The van der Waals surface area contributed by atoms with E-state index in [9.17, 15) is 14.4 Å². The molecule has 3 aliphatic rings. The fourth-order valence-electron chi connectivity index (χ4n) is 3.91. The smallest absolute Gasteiger partial charge is 0.326 e. The number of fused-ring (bicyclic) bond motifs is 1. The van der Waals surface area contributed by atoms with Crippen LogP contribution in [0.4, 0.5) is 10.5 Å². The number of carbonyl (C=O) groups is 3. The Morgan fingerprint density at radius 3 is 2.42 bits per heavy atom. The van der Waals surface area contributed by atoms with Crippen molar-refractivity contribution in [2.24, 2.45) is 10.9 Å². The van der Waals surface area contributed by atoms with E-state index < -0.39 is 23.8 Å². The Labute approximate surface area is 151 Å². The van der Waals surface area contributed by atoms with Crippen LogP contribution in [0.2, 0.25) is 0 Å². The van der Waals surface area contributed by atoms with Gasteiger partial charge < -0.3 is 4.90 Å². The normalized spacial score (nSPS) is 25.0. The molecule has 2 unspecified atom stereocenters. The summed E-state index contributed by atoms with van der Waals surface area (Å²) in [6.45, 7) is 0. The van der Waals surface area contributed by atoms with Gasteiger partial charge in [0.2, 0.25) is 5.91 Å². The maximum Gasteiger partial charge on any atom is 0.326 e. The minimum atomic E-state index is -0.696. The Morgan fingerprint density at radius 2 is 1.73 bits per heavy atom. The van der Waals surface area contributed by atoms with E-state index in [0.29, 0.717) is 29.9 Å². The highest BCUT2D eigenvalue weighted by Crippen LogP contribution is 2.43. The van der Waals surface area contributed by atoms with Crippen LogP contribution in [0.15, 0.2) is 40.5 Å². The lowest BCUT2D eigenvalue weighted by Gasteiger charge is -2.37. The molecule has 2 aliphatic heterocycles. The van der Waals surface area contributed by atoms with Gasteiger partial charge in [-0.1, -0.05) is 12.1 Å². The van der Waals surface area contributed by atoms with Crippen LogP contribution in [0.25, 0.3) is 0 Å². The number of hydrogen-bond donors (Lipinski definition) is 2. The SMILES string of the molecule is CN(C)c1ccc(C2C3=C(CCCC3=O)N=C3NC(=O)NC(=O)C32)cc1. The summed E-state index contributed by atoms with van der Waals surface area (Å²) in [5.74, 6) is -1.16. The van der Waals surface area contributed by atoms with E-state index in [4.69, 9.17) is 0 Å². The second-order valence-corrected chi connectivity index (χ2v) is 7.02. The number of benzene rings is 1. The van der Waals surface area contributed by atoms with Crippen LogP contribution >= 0.6 is 0 Å². The maximum atomic E-state index is 12.7. The van der Waals surface area contributed by atoms with Crippen LogP contribution in [-0.2, 0) is 9.59 Å². The first kappa shape index (κ1) is 16.5. The van der Waals surface area contributed by atoms with E-state index in [0.717, 1.165) is 17.7 Å². The van der Waals surface area contributed by atoms with Crippen LogP contribution in [0, 0.1) is 5.92 Å². The second-order valence-electron chi connectivity index (χ2n) is 7.02. The number of allylic oxidation sites excluding steroid dienone is 2. The summed E-state index contributed by atoms with van der Waals surface area (Å²) in [5.41, 5.74) is 3.23. The number of anilines is 1. The first-order valence-corrected chi connectivity index (χ1v) is 8.69. The van der Waals surface area contributed by atoms with Gasteiger partial charge in [-0.25, -0.2) is 9.79 Å². The van der Waals surface area contributed by atoms with Crippen molar-refractivity contribution in [2.45, 2.75) is 25.2 Å². The molecule has 7 nitrogen and oxygen atoms in total. The van der Waals surface area contributed by atoms with Gasteiger partial charge in [-0.2, -0.15) is 0 Å². The van der Waals surface area contributed by atoms with Gasteiger partial charge in [-0.05, 0) is 30.5 Å². The monoisotopic (exact) mass is 352 g/mol. The molecule has 0 bridgehead atoms. The number of imide groups is 1. The van der Waals surface area contributed by atoms with Crippen LogP contribution in [0.3, 0.4) is 0 Å². The molecule has 1 fully saturated rings. The van der Waals surface area contributed by atoms with E-state index in [2.05, 4.69) is 15.6 Å². The number of nitrogens with one attached hydrogen (secondary N) is 2. The predicted molar refractivity (Wildman–Crippen MR) is 97.0 cm³/mol. The summed E-state index contributed by atoms with van der Waals surface area (Å²) in [6.07, 6.45) is 1.89. The minimum absolute atomic E-state index is 0.0421. The summed E-state index contributed by atoms with van der Waals surface area (Å²) in [4.78, 5) is 43.4. The number of nitrogens with zero attached hydrogens (tertiary/aromatic N) is 2. The van der Waals surface area contributed by atoms with Gasteiger partial charge in [0.15, 0.2) is 5.78 Å². The van der Waals surface area contributed by atoms with Gasteiger partial charge in [0, 0.05) is 43.4 Å². The zero-order chi connectivity index (χ0) is 18.4. The van der Waals surface area contributed by atoms with Crippen molar-refractivity contribution in [1.29, 1.82) is 0 Å². The molecule has 1 aromatic rings. The molecule has 0 saturated carbocycles. The lowest BCUT2D eigenvalue weighted by atomic mass is 9.72. The van der Waals surface area contributed by atoms with E-state index in [1.807, 2.05) is 43.3 Å². The van der Waals surface area contributed by atoms with Crippen molar-refractivity contribution in [3.8, 4) is 0 Å². The van der Waals surface area contributed by atoms with Crippen LogP contribution in [0.1, 0.15) is 30.7 Å². The molecule has 1 aromatic carbocycles. The molecule has 4 rings (SSSR count). The zero-order valence-electron chi connectivity index (χ0n) is 14.7. The van der Waals surface area contributed by atoms with E-state index in [1.54, 1.807) is 0 Å². The van der Waals surface area contributed by atoms with Crippen molar-refractivity contribution >= 4 is 29.2 Å².